The molecule has 0 saturated heterocycles. The summed E-state index contributed by atoms with van der Waals surface area (Å²) in [6, 6.07) is 19.1. The Hall–Kier alpha value is -3.12. The quantitative estimate of drug-likeness (QED) is 0.666. The van der Waals surface area contributed by atoms with Crippen molar-refractivity contribution in [2.75, 3.05) is 16.7 Å². The molecule has 0 heterocycles. The number of carbonyl (C=O) groups is 1. The Balaban J connectivity index is 1.93. The highest BCUT2D eigenvalue weighted by Gasteiger charge is 2.23. The van der Waals surface area contributed by atoms with E-state index in [9.17, 15) is 13.2 Å². The third-order valence-electron chi connectivity index (χ3n) is 4.93. The zero-order valence-corrected chi connectivity index (χ0v) is 17.7. The lowest BCUT2D eigenvalue weighted by molar-refractivity contribution is 0.102. The molecule has 0 bridgehead atoms. The maximum atomic E-state index is 13.1. The van der Waals surface area contributed by atoms with E-state index >= 15 is 0 Å². The van der Waals surface area contributed by atoms with Crippen molar-refractivity contribution in [3.05, 3.63) is 89.0 Å². The average Bonchev–Trinajstić information content (AvgIpc) is 2.70. The van der Waals surface area contributed by atoms with Crippen LogP contribution < -0.4 is 9.62 Å². The van der Waals surface area contributed by atoms with Crippen molar-refractivity contribution in [2.24, 2.45) is 0 Å². The van der Waals surface area contributed by atoms with E-state index in [-0.39, 0.29) is 16.4 Å². The topological polar surface area (TPSA) is 66.5 Å². The normalized spacial score (nSPS) is 11.2. The number of anilines is 2. The summed E-state index contributed by atoms with van der Waals surface area (Å²) in [5.41, 5.74) is 4.36. The molecule has 1 N–H and O–H groups in total. The Bertz CT molecular complexity index is 1150. The number of carbonyl (C=O) groups excluding carboxylic acids is 1. The Kier molecular flexibility index (Phi) is 5.75. The molecule has 6 heteroatoms. The summed E-state index contributed by atoms with van der Waals surface area (Å²) in [6.45, 7) is 5.69. The van der Waals surface area contributed by atoms with Crippen LogP contribution >= 0.6 is 0 Å². The first-order valence-corrected chi connectivity index (χ1v) is 10.7. The Morgan fingerprint density at radius 3 is 2.07 bits per heavy atom. The number of nitrogens with one attached hydrogen (secondary N) is 1. The highest BCUT2D eigenvalue weighted by atomic mass is 32.2. The average molecular weight is 409 g/mol. The number of rotatable bonds is 5. The van der Waals surface area contributed by atoms with Gasteiger partial charge in [0.05, 0.1) is 10.6 Å². The molecule has 0 aliphatic carbocycles. The second kappa shape index (κ2) is 8.09. The van der Waals surface area contributed by atoms with Crippen molar-refractivity contribution in [3.63, 3.8) is 0 Å². The smallest absolute Gasteiger partial charge is 0.264 e. The molecule has 29 heavy (non-hydrogen) atoms. The first kappa shape index (κ1) is 20.6. The second-order valence-electron chi connectivity index (χ2n) is 7.01. The molecule has 0 aromatic heterocycles. The van der Waals surface area contributed by atoms with Gasteiger partial charge >= 0.3 is 0 Å². The Morgan fingerprint density at radius 1 is 0.828 bits per heavy atom. The minimum Gasteiger partial charge on any atom is -0.322 e. The fraction of sp³-hybridized carbons (Fsp3) is 0.174. The fourth-order valence-corrected chi connectivity index (χ4v) is 4.51. The number of nitrogens with zero attached hydrogens (tertiary/aromatic N) is 1. The van der Waals surface area contributed by atoms with E-state index in [1.54, 1.807) is 24.3 Å². The summed E-state index contributed by atoms with van der Waals surface area (Å²) in [7, 11) is -2.29. The van der Waals surface area contributed by atoms with E-state index in [0.29, 0.717) is 5.69 Å². The van der Waals surface area contributed by atoms with Gasteiger partial charge in [-0.25, -0.2) is 8.42 Å². The van der Waals surface area contributed by atoms with Crippen molar-refractivity contribution in [1.29, 1.82) is 0 Å². The number of para-hydroxylation sites is 2. The van der Waals surface area contributed by atoms with Gasteiger partial charge in [0.25, 0.3) is 15.9 Å². The molecule has 1 amide bonds. The first-order chi connectivity index (χ1) is 13.7. The highest BCUT2D eigenvalue weighted by molar-refractivity contribution is 7.92. The van der Waals surface area contributed by atoms with Gasteiger partial charge in [0.2, 0.25) is 0 Å². The minimum atomic E-state index is -3.81. The molecule has 0 unspecified atom stereocenters. The highest BCUT2D eigenvalue weighted by Crippen LogP contribution is 2.26. The van der Waals surface area contributed by atoms with Crippen molar-refractivity contribution in [2.45, 2.75) is 25.7 Å². The van der Waals surface area contributed by atoms with Gasteiger partial charge in [0.1, 0.15) is 0 Å². The number of amides is 1. The van der Waals surface area contributed by atoms with Crippen LogP contribution in [0, 0.1) is 20.8 Å². The number of hydrogen-bond donors (Lipinski definition) is 1. The maximum Gasteiger partial charge on any atom is 0.264 e. The van der Waals surface area contributed by atoms with Crippen molar-refractivity contribution >= 4 is 27.3 Å². The molecule has 0 aliphatic heterocycles. The molecule has 0 atom stereocenters. The predicted molar refractivity (Wildman–Crippen MR) is 117 cm³/mol. The number of benzene rings is 3. The van der Waals surface area contributed by atoms with Gasteiger partial charge in [-0.1, -0.05) is 42.5 Å². The lowest BCUT2D eigenvalue weighted by Gasteiger charge is -2.21. The van der Waals surface area contributed by atoms with Crippen LogP contribution in [0.3, 0.4) is 0 Å². The summed E-state index contributed by atoms with van der Waals surface area (Å²) in [5, 5.41) is 2.90. The van der Waals surface area contributed by atoms with Gasteiger partial charge in [-0.3, -0.25) is 9.10 Å². The van der Waals surface area contributed by atoms with Crippen LogP contribution in [0.15, 0.2) is 71.6 Å². The molecule has 150 valence electrons. The molecular formula is C23H24N2O3S. The third kappa shape index (κ3) is 4.17. The Morgan fingerprint density at radius 2 is 1.41 bits per heavy atom. The summed E-state index contributed by atoms with van der Waals surface area (Å²) in [6.07, 6.45) is 0. The van der Waals surface area contributed by atoms with Gasteiger partial charge < -0.3 is 5.32 Å². The van der Waals surface area contributed by atoms with Crippen LogP contribution in [0.1, 0.15) is 27.0 Å². The number of hydrogen-bond acceptors (Lipinski definition) is 3. The van der Waals surface area contributed by atoms with E-state index in [0.717, 1.165) is 22.4 Å². The molecule has 0 spiro atoms. The largest absolute Gasteiger partial charge is 0.322 e. The van der Waals surface area contributed by atoms with E-state index in [1.165, 1.54) is 23.5 Å². The van der Waals surface area contributed by atoms with Crippen molar-refractivity contribution < 1.29 is 13.2 Å². The maximum absolute atomic E-state index is 13.1. The molecule has 3 aromatic rings. The molecule has 3 aromatic carbocycles. The summed E-state index contributed by atoms with van der Waals surface area (Å²) < 4.78 is 27.5. The van der Waals surface area contributed by atoms with E-state index < -0.39 is 10.0 Å². The molecule has 0 fully saturated rings. The zero-order valence-electron chi connectivity index (χ0n) is 16.9. The van der Waals surface area contributed by atoms with E-state index in [4.69, 9.17) is 0 Å². The van der Waals surface area contributed by atoms with Gasteiger partial charge in [0.15, 0.2) is 0 Å². The van der Waals surface area contributed by atoms with Crippen molar-refractivity contribution in [1.82, 2.24) is 0 Å². The summed E-state index contributed by atoms with van der Waals surface area (Å²) >= 11 is 0. The standard InChI is InChI=1S/C23H24N2O3S/c1-16-9-5-6-14-21(16)25(4)29(27,28)20-13-8-12-19(15-20)23(26)24-22-17(2)10-7-11-18(22)3/h5-15H,1-4H3,(H,24,26). The van der Waals surface area contributed by atoms with Crippen LogP contribution in [-0.2, 0) is 10.0 Å². The number of aryl methyl sites for hydroxylation is 3. The summed E-state index contributed by atoms with van der Waals surface area (Å²) in [4.78, 5) is 12.8. The van der Waals surface area contributed by atoms with E-state index in [2.05, 4.69) is 5.32 Å². The van der Waals surface area contributed by atoms with Crippen LogP contribution in [0.2, 0.25) is 0 Å². The predicted octanol–water partition coefficient (Wildman–Crippen LogP) is 4.69. The molecule has 0 radical (unpaired) electrons. The van der Waals surface area contributed by atoms with Crippen LogP contribution in [-0.4, -0.2) is 21.4 Å². The third-order valence-corrected chi connectivity index (χ3v) is 6.70. The van der Waals surface area contributed by atoms with Crippen LogP contribution in [0.25, 0.3) is 0 Å². The lowest BCUT2D eigenvalue weighted by atomic mass is 10.1. The van der Waals surface area contributed by atoms with Gasteiger partial charge in [-0.15, -0.1) is 0 Å². The molecule has 0 saturated carbocycles. The fourth-order valence-electron chi connectivity index (χ4n) is 3.20. The molecule has 0 aliphatic rings. The van der Waals surface area contributed by atoms with Gasteiger partial charge in [-0.2, -0.15) is 0 Å². The molecule has 3 rings (SSSR count). The van der Waals surface area contributed by atoms with Crippen LogP contribution in [0.5, 0.6) is 0 Å². The molecule has 5 nitrogen and oxygen atoms in total. The SMILES string of the molecule is Cc1ccccc1N(C)S(=O)(=O)c1cccc(C(=O)Nc2c(C)cccc2C)c1. The Labute approximate surface area is 172 Å². The van der Waals surface area contributed by atoms with Crippen molar-refractivity contribution in [3.8, 4) is 0 Å². The van der Waals surface area contributed by atoms with Gasteiger partial charge in [0, 0.05) is 18.3 Å². The zero-order chi connectivity index (χ0) is 21.2. The lowest BCUT2D eigenvalue weighted by Crippen LogP contribution is -2.27. The van der Waals surface area contributed by atoms with Gasteiger partial charge in [-0.05, 0) is 61.7 Å². The monoisotopic (exact) mass is 408 g/mol. The number of sulfonamides is 1. The second-order valence-corrected chi connectivity index (χ2v) is 8.98. The first-order valence-electron chi connectivity index (χ1n) is 9.24. The summed E-state index contributed by atoms with van der Waals surface area (Å²) in [5.74, 6) is -0.349. The molecular weight excluding hydrogens is 384 g/mol. The minimum absolute atomic E-state index is 0.0670. The van der Waals surface area contributed by atoms with E-state index in [1.807, 2.05) is 51.1 Å². The van der Waals surface area contributed by atoms with Crippen LogP contribution in [0.4, 0.5) is 11.4 Å².